The first kappa shape index (κ1) is 11.5. The van der Waals surface area contributed by atoms with E-state index in [9.17, 15) is 0 Å². The maximum Gasteiger partial charge on any atom is 0.137 e. The van der Waals surface area contributed by atoms with Crippen molar-refractivity contribution in [3.05, 3.63) is 11.9 Å². The normalized spacial score (nSPS) is 25.8. The predicted molar refractivity (Wildman–Crippen MR) is 69.9 cm³/mol. The van der Waals surface area contributed by atoms with E-state index in [1.165, 1.54) is 0 Å². The zero-order chi connectivity index (χ0) is 11.7. The SMILES string of the molecule is Cc1c(N)ncnc1N1CC(C)SC(C)C1. The van der Waals surface area contributed by atoms with Gasteiger partial charge in [-0.15, -0.1) is 0 Å². The molecule has 2 heterocycles. The standard InChI is InChI=1S/C11H18N4S/c1-7-4-15(5-8(2)16-7)11-9(3)10(12)13-6-14-11/h6-8H,4-5H2,1-3H3,(H2,12,13,14). The van der Waals surface area contributed by atoms with Crippen molar-refractivity contribution in [2.24, 2.45) is 0 Å². The molecule has 1 aliphatic heterocycles. The number of nitrogens with zero attached hydrogens (tertiary/aromatic N) is 3. The maximum absolute atomic E-state index is 5.81. The number of nitrogen functional groups attached to an aromatic ring is 1. The van der Waals surface area contributed by atoms with E-state index in [1.807, 2.05) is 18.7 Å². The Morgan fingerprint density at radius 3 is 2.56 bits per heavy atom. The number of nitrogens with two attached hydrogens (primary N) is 1. The molecule has 1 aromatic rings. The summed E-state index contributed by atoms with van der Waals surface area (Å²) < 4.78 is 0. The Balaban J connectivity index is 2.26. The van der Waals surface area contributed by atoms with Gasteiger partial charge >= 0.3 is 0 Å². The third kappa shape index (κ3) is 2.24. The van der Waals surface area contributed by atoms with Crippen LogP contribution in [0.2, 0.25) is 0 Å². The smallest absolute Gasteiger partial charge is 0.137 e. The second-order valence-corrected chi connectivity index (χ2v) is 6.25. The first-order chi connectivity index (χ1) is 7.58. The summed E-state index contributed by atoms with van der Waals surface area (Å²) in [6.45, 7) is 8.57. The Labute approximate surface area is 101 Å². The van der Waals surface area contributed by atoms with E-state index in [0.717, 1.165) is 24.5 Å². The quantitative estimate of drug-likeness (QED) is 0.807. The summed E-state index contributed by atoms with van der Waals surface area (Å²) in [6.07, 6.45) is 1.55. The van der Waals surface area contributed by atoms with Crippen LogP contribution in [0.25, 0.3) is 0 Å². The highest BCUT2D eigenvalue weighted by Gasteiger charge is 2.24. The minimum Gasteiger partial charge on any atom is -0.383 e. The van der Waals surface area contributed by atoms with Crippen molar-refractivity contribution in [1.29, 1.82) is 0 Å². The first-order valence-electron chi connectivity index (χ1n) is 5.55. The van der Waals surface area contributed by atoms with Gasteiger partial charge in [-0.2, -0.15) is 11.8 Å². The molecule has 5 heteroatoms. The third-order valence-electron chi connectivity index (χ3n) is 2.82. The second-order valence-electron chi connectivity index (χ2n) is 4.37. The largest absolute Gasteiger partial charge is 0.383 e. The Morgan fingerprint density at radius 2 is 1.94 bits per heavy atom. The molecule has 0 spiro atoms. The lowest BCUT2D eigenvalue weighted by Crippen LogP contribution is -2.41. The van der Waals surface area contributed by atoms with Crippen LogP contribution in [0.3, 0.4) is 0 Å². The monoisotopic (exact) mass is 238 g/mol. The van der Waals surface area contributed by atoms with E-state index < -0.39 is 0 Å². The van der Waals surface area contributed by atoms with Crippen LogP contribution >= 0.6 is 11.8 Å². The van der Waals surface area contributed by atoms with Crippen molar-refractivity contribution >= 4 is 23.4 Å². The fraction of sp³-hybridized carbons (Fsp3) is 0.636. The van der Waals surface area contributed by atoms with Gasteiger partial charge in [-0.1, -0.05) is 13.8 Å². The highest BCUT2D eigenvalue weighted by Crippen LogP contribution is 2.29. The molecule has 2 rings (SSSR count). The molecule has 2 atom stereocenters. The van der Waals surface area contributed by atoms with Gasteiger partial charge in [0.1, 0.15) is 18.0 Å². The fourth-order valence-electron chi connectivity index (χ4n) is 2.12. The van der Waals surface area contributed by atoms with Crippen molar-refractivity contribution in [3.63, 3.8) is 0 Å². The zero-order valence-corrected chi connectivity index (χ0v) is 10.8. The van der Waals surface area contributed by atoms with E-state index >= 15 is 0 Å². The third-order valence-corrected chi connectivity index (χ3v) is 4.04. The highest BCUT2D eigenvalue weighted by atomic mass is 32.2. The van der Waals surface area contributed by atoms with Crippen LogP contribution in [0.15, 0.2) is 6.33 Å². The molecular formula is C11H18N4S. The molecule has 1 fully saturated rings. The lowest BCUT2D eigenvalue weighted by atomic mass is 10.2. The van der Waals surface area contributed by atoms with Gasteiger partial charge in [0, 0.05) is 29.2 Å². The molecule has 0 saturated carbocycles. The highest BCUT2D eigenvalue weighted by molar-refractivity contribution is 8.00. The van der Waals surface area contributed by atoms with Crippen LogP contribution in [-0.2, 0) is 0 Å². The van der Waals surface area contributed by atoms with Crippen LogP contribution in [0, 0.1) is 6.92 Å². The minimum absolute atomic E-state index is 0.587. The zero-order valence-electron chi connectivity index (χ0n) is 9.97. The van der Waals surface area contributed by atoms with Crippen molar-refractivity contribution in [3.8, 4) is 0 Å². The Kier molecular flexibility index (Phi) is 3.23. The van der Waals surface area contributed by atoms with Crippen LogP contribution < -0.4 is 10.6 Å². The molecule has 1 saturated heterocycles. The molecule has 2 N–H and O–H groups in total. The van der Waals surface area contributed by atoms with Gasteiger partial charge in [-0.3, -0.25) is 0 Å². The van der Waals surface area contributed by atoms with Crippen molar-refractivity contribution in [2.75, 3.05) is 23.7 Å². The summed E-state index contributed by atoms with van der Waals surface area (Å²) in [7, 11) is 0. The maximum atomic E-state index is 5.81. The molecule has 88 valence electrons. The van der Waals surface area contributed by atoms with Crippen molar-refractivity contribution < 1.29 is 0 Å². The van der Waals surface area contributed by atoms with Crippen molar-refractivity contribution in [2.45, 2.75) is 31.3 Å². The van der Waals surface area contributed by atoms with Crippen LogP contribution in [-0.4, -0.2) is 33.6 Å². The lowest BCUT2D eigenvalue weighted by Gasteiger charge is -2.36. The van der Waals surface area contributed by atoms with Crippen LogP contribution in [0.5, 0.6) is 0 Å². The van der Waals surface area contributed by atoms with Gasteiger partial charge < -0.3 is 10.6 Å². The number of aromatic nitrogens is 2. The number of anilines is 2. The van der Waals surface area contributed by atoms with E-state index in [0.29, 0.717) is 16.3 Å². The molecule has 4 nitrogen and oxygen atoms in total. The summed E-state index contributed by atoms with van der Waals surface area (Å²) in [6, 6.07) is 0. The summed E-state index contributed by atoms with van der Waals surface area (Å²) in [5.74, 6) is 1.58. The minimum atomic E-state index is 0.587. The first-order valence-corrected chi connectivity index (χ1v) is 6.49. The molecule has 16 heavy (non-hydrogen) atoms. The topological polar surface area (TPSA) is 55.0 Å². The molecule has 1 aliphatic rings. The van der Waals surface area contributed by atoms with Crippen LogP contribution in [0.4, 0.5) is 11.6 Å². The van der Waals surface area contributed by atoms with E-state index in [-0.39, 0.29) is 0 Å². The summed E-state index contributed by atoms with van der Waals surface area (Å²) >= 11 is 2.03. The number of thioether (sulfide) groups is 1. The molecule has 0 amide bonds. The van der Waals surface area contributed by atoms with E-state index in [4.69, 9.17) is 5.73 Å². The number of hydrogen-bond donors (Lipinski definition) is 1. The molecule has 2 unspecified atom stereocenters. The second kappa shape index (κ2) is 4.49. The number of hydrogen-bond acceptors (Lipinski definition) is 5. The van der Waals surface area contributed by atoms with E-state index in [2.05, 4.69) is 28.7 Å². The Morgan fingerprint density at radius 1 is 1.31 bits per heavy atom. The summed E-state index contributed by atoms with van der Waals surface area (Å²) in [5.41, 5.74) is 6.81. The number of rotatable bonds is 1. The lowest BCUT2D eigenvalue weighted by molar-refractivity contribution is 0.715. The molecule has 0 bridgehead atoms. The Bertz CT molecular complexity index is 372. The molecule has 0 radical (unpaired) electrons. The predicted octanol–water partition coefficient (Wildman–Crippen LogP) is 1.70. The van der Waals surface area contributed by atoms with E-state index in [1.54, 1.807) is 6.33 Å². The summed E-state index contributed by atoms with van der Waals surface area (Å²) in [4.78, 5) is 10.7. The molecular weight excluding hydrogens is 220 g/mol. The average molecular weight is 238 g/mol. The van der Waals surface area contributed by atoms with Crippen molar-refractivity contribution in [1.82, 2.24) is 9.97 Å². The molecule has 0 aliphatic carbocycles. The van der Waals surface area contributed by atoms with Gasteiger partial charge in [-0.25, -0.2) is 9.97 Å². The van der Waals surface area contributed by atoms with Gasteiger partial charge in [0.05, 0.1) is 0 Å². The Hall–Kier alpha value is -0.970. The van der Waals surface area contributed by atoms with Gasteiger partial charge in [0.2, 0.25) is 0 Å². The van der Waals surface area contributed by atoms with Crippen LogP contribution in [0.1, 0.15) is 19.4 Å². The van der Waals surface area contributed by atoms with Gasteiger partial charge in [0.25, 0.3) is 0 Å². The molecule has 1 aromatic heterocycles. The molecule has 0 aromatic carbocycles. The summed E-state index contributed by atoms with van der Waals surface area (Å²) in [5, 5.41) is 1.28. The van der Waals surface area contributed by atoms with Gasteiger partial charge in [-0.05, 0) is 6.92 Å². The average Bonchev–Trinajstić information content (AvgIpc) is 2.20. The fourth-order valence-corrected chi connectivity index (χ4v) is 3.45. The van der Waals surface area contributed by atoms with Gasteiger partial charge in [0.15, 0.2) is 0 Å².